The molecule has 3 heteroatoms. The van der Waals surface area contributed by atoms with Gasteiger partial charge in [-0.05, 0) is 61.1 Å². The van der Waals surface area contributed by atoms with Crippen LogP contribution in [0, 0.1) is 0 Å². The van der Waals surface area contributed by atoms with Gasteiger partial charge >= 0.3 is 0 Å². The Labute approximate surface area is 126 Å². The summed E-state index contributed by atoms with van der Waals surface area (Å²) in [6.45, 7) is 1.59. The SMILES string of the molecule is Nc1ccc(CCCCOCCc2ccc(N)cc2)cc1. The fourth-order valence-corrected chi connectivity index (χ4v) is 2.19. The molecular formula is C18H24N2O. The van der Waals surface area contributed by atoms with Crippen LogP contribution in [-0.4, -0.2) is 13.2 Å². The third-order valence-electron chi connectivity index (χ3n) is 3.50. The van der Waals surface area contributed by atoms with Crippen LogP contribution in [-0.2, 0) is 17.6 Å². The van der Waals surface area contributed by atoms with Gasteiger partial charge in [0.1, 0.15) is 0 Å². The molecule has 0 atom stereocenters. The van der Waals surface area contributed by atoms with Crippen LogP contribution in [0.25, 0.3) is 0 Å². The summed E-state index contributed by atoms with van der Waals surface area (Å²) in [6, 6.07) is 16.1. The van der Waals surface area contributed by atoms with Crippen molar-refractivity contribution in [1.29, 1.82) is 0 Å². The molecule has 0 bridgehead atoms. The fourth-order valence-electron chi connectivity index (χ4n) is 2.19. The molecule has 2 rings (SSSR count). The van der Waals surface area contributed by atoms with E-state index in [1.807, 2.05) is 24.3 Å². The predicted octanol–water partition coefficient (Wildman–Crippen LogP) is 3.43. The van der Waals surface area contributed by atoms with Crippen LogP contribution < -0.4 is 11.5 Å². The Kier molecular flexibility index (Phi) is 6.10. The number of aryl methyl sites for hydroxylation is 1. The number of benzene rings is 2. The maximum atomic E-state index is 5.67. The molecule has 0 radical (unpaired) electrons. The minimum atomic E-state index is 0.770. The minimum Gasteiger partial charge on any atom is -0.399 e. The highest BCUT2D eigenvalue weighted by Crippen LogP contribution is 2.09. The van der Waals surface area contributed by atoms with Crippen molar-refractivity contribution in [1.82, 2.24) is 0 Å². The van der Waals surface area contributed by atoms with Crippen molar-refractivity contribution in [3.63, 3.8) is 0 Å². The van der Waals surface area contributed by atoms with Crippen molar-refractivity contribution in [2.24, 2.45) is 0 Å². The van der Waals surface area contributed by atoms with E-state index in [2.05, 4.69) is 24.3 Å². The minimum absolute atomic E-state index is 0.770. The van der Waals surface area contributed by atoms with Gasteiger partial charge in [-0.2, -0.15) is 0 Å². The number of hydrogen-bond acceptors (Lipinski definition) is 3. The molecule has 0 aromatic heterocycles. The summed E-state index contributed by atoms with van der Waals surface area (Å²) in [6.07, 6.45) is 4.26. The zero-order chi connectivity index (χ0) is 14.9. The smallest absolute Gasteiger partial charge is 0.0506 e. The third-order valence-corrected chi connectivity index (χ3v) is 3.50. The van der Waals surface area contributed by atoms with E-state index in [-0.39, 0.29) is 0 Å². The van der Waals surface area contributed by atoms with Crippen LogP contribution >= 0.6 is 0 Å². The normalized spacial score (nSPS) is 10.7. The van der Waals surface area contributed by atoms with E-state index in [4.69, 9.17) is 16.2 Å². The summed E-state index contributed by atoms with van der Waals surface area (Å²) in [5.41, 5.74) is 15.6. The second-order valence-electron chi connectivity index (χ2n) is 5.30. The summed E-state index contributed by atoms with van der Waals surface area (Å²) < 4.78 is 5.67. The molecule has 4 N–H and O–H groups in total. The molecule has 112 valence electrons. The molecule has 21 heavy (non-hydrogen) atoms. The number of nitrogen functional groups attached to an aromatic ring is 2. The molecule has 0 aliphatic heterocycles. The summed E-state index contributed by atoms with van der Waals surface area (Å²) in [5.74, 6) is 0. The molecule has 0 amide bonds. The number of rotatable bonds is 8. The molecule has 2 aromatic carbocycles. The summed E-state index contributed by atoms with van der Waals surface area (Å²) in [4.78, 5) is 0. The van der Waals surface area contributed by atoms with Gasteiger partial charge in [-0.3, -0.25) is 0 Å². The van der Waals surface area contributed by atoms with E-state index < -0.39 is 0 Å². The van der Waals surface area contributed by atoms with E-state index in [9.17, 15) is 0 Å². The Hall–Kier alpha value is -2.00. The number of unbranched alkanes of at least 4 members (excludes halogenated alkanes) is 1. The molecule has 0 fully saturated rings. The average molecular weight is 284 g/mol. The predicted molar refractivity (Wildman–Crippen MR) is 89.2 cm³/mol. The van der Waals surface area contributed by atoms with Crippen molar-refractivity contribution in [3.8, 4) is 0 Å². The first kappa shape index (κ1) is 15.4. The van der Waals surface area contributed by atoms with Crippen molar-refractivity contribution >= 4 is 11.4 Å². The average Bonchev–Trinajstić information content (AvgIpc) is 2.50. The maximum Gasteiger partial charge on any atom is 0.0506 e. The number of anilines is 2. The highest BCUT2D eigenvalue weighted by Gasteiger charge is 1.96. The van der Waals surface area contributed by atoms with E-state index >= 15 is 0 Å². The van der Waals surface area contributed by atoms with Crippen LogP contribution in [0.2, 0.25) is 0 Å². The zero-order valence-electron chi connectivity index (χ0n) is 12.4. The van der Waals surface area contributed by atoms with Crippen molar-refractivity contribution in [2.75, 3.05) is 24.7 Å². The first-order chi connectivity index (χ1) is 10.2. The van der Waals surface area contributed by atoms with Crippen LogP contribution in [0.4, 0.5) is 11.4 Å². The highest BCUT2D eigenvalue weighted by molar-refractivity contribution is 5.39. The van der Waals surface area contributed by atoms with Gasteiger partial charge in [-0.25, -0.2) is 0 Å². The van der Waals surface area contributed by atoms with Gasteiger partial charge in [0.15, 0.2) is 0 Å². The standard InChI is InChI=1S/C18H24N2O/c19-17-8-4-15(5-9-17)3-1-2-13-21-14-12-16-6-10-18(20)11-7-16/h4-11H,1-3,12-14,19-20H2. The van der Waals surface area contributed by atoms with E-state index in [1.165, 1.54) is 11.1 Å². The van der Waals surface area contributed by atoms with Crippen LogP contribution in [0.5, 0.6) is 0 Å². The quantitative estimate of drug-likeness (QED) is 0.576. The molecule has 0 heterocycles. The summed E-state index contributed by atoms with van der Waals surface area (Å²) >= 11 is 0. The third kappa shape index (κ3) is 5.88. The maximum absolute atomic E-state index is 5.67. The summed E-state index contributed by atoms with van der Waals surface area (Å²) in [7, 11) is 0. The first-order valence-electron chi connectivity index (χ1n) is 7.50. The topological polar surface area (TPSA) is 61.3 Å². The lowest BCUT2D eigenvalue weighted by Gasteiger charge is -2.05. The van der Waals surface area contributed by atoms with E-state index in [1.54, 1.807) is 0 Å². The molecule has 0 aliphatic rings. The van der Waals surface area contributed by atoms with Crippen LogP contribution in [0.3, 0.4) is 0 Å². The Morgan fingerprint density at radius 3 is 1.71 bits per heavy atom. The highest BCUT2D eigenvalue weighted by atomic mass is 16.5. The number of nitrogens with two attached hydrogens (primary N) is 2. The fraction of sp³-hybridized carbons (Fsp3) is 0.333. The molecular weight excluding hydrogens is 260 g/mol. The number of hydrogen-bond donors (Lipinski definition) is 2. The van der Waals surface area contributed by atoms with Gasteiger partial charge in [0.25, 0.3) is 0 Å². The molecule has 0 spiro atoms. The number of ether oxygens (including phenoxy) is 1. The molecule has 0 aliphatic carbocycles. The molecule has 0 saturated heterocycles. The van der Waals surface area contributed by atoms with Gasteiger partial charge in [0.2, 0.25) is 0 Å². The van der Waals surface area contributed by atoms with Crippen LogP contribution in [0.15, 0.2) is 48.5 Å². The van der Waals surface area contributed by atoms with Crippen LogP contribution in [0.1, 0.15) is 24.0 Å². The van der Waals surface area contributed by atoms with E-state index in [0.717, 1.165) is 50.3 Å². The van der Waals surface area contributed by atoms with Gasteiger partial charge < -0.3 is 16.2 Å². The van der Waals surface area contributed by atoms with Crippen molar-refractivity contribution in [2.45, 2.75) is 25.7 Å². The Balaban J connectivity index is 1.52. The van der Waals surface area contributed by atoms with Gasteiger partial charge in [0.05, 0.1) is 6.61 Å². The second kappa shape index (κ2) is 8.32. The second-order valence-corrected chi connectivity index (χ2v) is 5.30. The molecule has 0 saturated carbocycles. The zero-order valence-corrected chi connectivity index (χ0v) is 12.4. The Morgan fingerprint density at radius 2 is 1.14 bits per heavy atom. The lowest BCUT2D eigenvalue weighted by molar-refractivity contribution is 0.133. The first-order valence-corrected chi connectivity index (χ1v) is 7.50. The lowest BCUT2D eigenvalue weighted by atomic mass is 10.1. The molecule has 0 unspecified atom stereocenters. The van der Waals surface area contributed by atoms with Crippen molar-refractivity contribution < 1.29 is 4.74 Å². The Morgan fingerprint density at radius 1 is 0.619 bits per heavy atom. The van der Waals surface area contributed by atoms with E-state index in [0.29, 0.717) is 0 Å². The van der Waals surface area contributed by atoms with Gasteiger partial charge in [-0.15, -0.1) is 0 Å². The summed E-state index contributed by atoms with van der Waals surface area (Å²) in [5, 5.41) is 0. The van der Waals surface area contributed by atoms with Gasteiger partial charge in [-0.1, -0.05) is 24.3 Å². The Bertz CT molecular complexity index is 470. The monoisotopic (exact) mass is 284 g/mol. The molecule has 3 nitrogen and oxygen atoms in total. The van der Waals surface area contributed by atoms with Gasteiger partial charge in [0, 0.05) is 18.0 Å². The largest absolute Gasteiger partial charge is 0.399 e. The molecule has 2 aromatic rings. The van der Waals surface area contributed by atoms with Crippen molar-refractivity contribution in [3.05, 3.63) is 59.7 Å². The lowest BCUT2D eigenvalue weighted by Crippen LogP contribution is -2.01.